The van der Waals surface area contributed by atoms with Crippen LogP contribution in [0, 0.1) is 0 Å². The molecule has 6 heteroatoms. The molecule has 2 heterocycles. The molecule has 0 aromatic heterocycles. The molecule has 0 radical (unpaired) electrons. The van der Waals surface area contributed by atoms with Gasteiger partial charge in [0.05, 0.1) is 6.61 Å². The Morgan fingerprint density at radius 2 is 2.17 bits per heavy atom. The molecule has 0 bridgehead atoms. The van der Waals surface area contributed by atoms with Crippen molar-refractivity contribution in [1.29, 1.82) is 0 Å². The molecular formula is C18H25NO5. The van der Waals surface area contributed by atoms with Gasteiger partial charge in [-0.25, -0.2) is 4.79 Å². The summed E-state index contributed by atoms with van der Waals surface area (Å²) >= 11 is 0. The topological polar surface area (TPSA) is 57.2 Å². The lowest BCUT2D eigenvalue weighted by atomic mass is 9.94. The Bertz CT molecular complexity index is 578. The predicted molar refractivity (Wildman–Crippen MR) is 88.5 cm³/mol. The number of piperidine rings is 1. The zero-order chi connectivity index (χ0) is 17.0. The van der Waals surface area contributed by atoms with E-state index in [1.54, 1.807) is 6.92 Å². The molecule has 1 saturated heterocycles. The van der Waals surface area contributed by atoms with Crippen LogP contribution in [-0.4, -0.2) is 55.6 Å². The van der Waals surface area contributed by atoms with Crippen LogP contribution in [0.1, 0.15) is 26.7 Å². The monoisotopic (exact) mass is 335 g/mol. The van der Waals surface area contributed by atoms with Gasteiger partial charge in [-0.2, -0.15) is 0 Å². The zero-order valence-electron chi connectivity index (χ0n) is 14.3. The summed E-state index contributed by atoms with van der Waals surface area (Å²) in [5.41, 5.74) is -0.516. The number of hydrogen-bond acceptors (Lipinski definition) is 6. The van der Waals surface area contributed by atoms with Crippen molar-refractivity contribution in [1.82, 2.24) is 4.90 Å². The van der Waals surface area contributed by atoms with Crippen molar-refractivity contribution in [2.24, 2.45) is 0 Å². The summed E-state index contributed by atoms with van der Waals surface area (Å²) in [6.45, 7) is 6.97. The Morgan fingerprint density at radius 1 is 1.38 bits per heavy atom. The molecule has 1 aromatic rings. The second-order valence-electron chi connectivity index (χ2n) is 6.57. The first-order valence-electron chi connectivity index (χ1n) is 8.54. The summed E-state index contributed by atoms with van der Waals surface area (Å²) in [4.78, 5) is 13.9. The highest BCUT2D eigenvalue weighted by Gasteiger charge is 2.36. The third-order valence-corrected chi connectivity index (χ3v) is 4.36. The third-order valence-electron chi connectivity index (χ3n) is 4.36. The van der Waals surface area contributed by atoms with Gasteiger partial charge in [0.1, 0.15) is 18.3 Å². The number of para-hydroxylation sites is 2. The number of hydrogen-bond donors (Lipinski definition) is 0. The van der Waals surface area contributed by atoms with E-state index in [9.17, 15) is 4.79 Å². The minimum Gasteiger partial charge on any atom is -0.486 e. The summed E-state index contributed by atoms with van der Waals surface area (Å²) in [7, 11) is 0. The highest BCUT2D eigenvalue weighted by Crippen LogP contribution is 2.32. The van der Waals surface area contributed by atoms with E-state index >= 15 is 0 Å². The SMILES string of the molecule is CCOC(=O)O[C@@]1(C)CCCN(C[C@H]2COc3ccccc3O2)C1. The molecule has 2 atom stereocenters. The fourth-order valence-electron chi connectivity index (χ4n) is 3.34. The quantitative estimate of drug-likeness (QED) is 0.789. The van der Waals surface area contributed by atoms with E-state index in [0.29, 0.717) is 19.8 Å². The lowest BCUT2D eigenvalue weighted by Crippen LogP contribution is -2.52. The van der Waals surface area contributed by atoms with Gasteiger partial charge in [-0.3, -0.25) is 4.90 Å². The molecule has 0 amide bonds. The van der Waals surface area contributed by atoms with Crippen molar-refractivity contribution < 1.29 is 23.7 Å². The smallest absolute Gasteiger partial charge is 0.486 e. The fraction of sp³-hybridized carbons (Fsp3) is 0.611. The molecule has 0 unspecified atom stereocenters. The molecule has 3 rings (SSSR count). The molecule has 0 N–H and O–H groups in total. The van der Waals surface area contributed by atoms with Crippen LogP contribution >= 0.6 is 0 Å². The van der Waals surface area contributed by atoms with Gasteiger partial charge in [0, 0.05) is 13.1 Å². The van der Waals surface area contributed by atoms with Gasteiger partial charge in [0.2, 0.25) is 0 Å². The molecule has 0 aliphatic carbocycles. The molecular weight excluding hydrogens is 310 g/mol. The molecule has 0 spiro atoms. The van der Waals surface area contributed by atoms with Crippen molar-refractivity contribution in [3.63, 3.8) is 0 Å². The average Bonchev–Trinajstić information content (AvgIpc) is 2.54. The maximum absolute atomic E-state index is 11.6. The van der Waals surface area contributed by atoms with E-state index in [1.165, 1.54) is 0 Å². The molecule has 1 fully saturated rings. The van der Waals surface area contributed by atoms with Crippen molar-refractivity contribution in [3.05, 3.63) is 24.3 Å². The molecule has 6 nitrogen and oxygen atoms in total. The van der Waals surface area contributed by atoms with E-state index < -0.39 is 11.8 Å². The van der Waals surface area contributed by atoms with Crippen LogP contribution in [0.25, 0.3) is 0 Å². The largest absolute Gasteiger partial charge is 0.508 e. The first-order chi connectivity index (χ1) is 11.6. The van der Waals surface area contributed by atoms with Crippen LogP contribution in [0.2, 0.25) is 0 Å². The molecule has 2 aliphatic rings. The number of benzene rings is 1. The standard InChI is InChI=1S/C18H25NO5/c1-3-21-17(20)24-18(2)9-6-10-19(13-18)11-14-12-22-15-7-4-5-8-16(15)23-14/h4-5,7-8,14H,3,6,9-13H2,1-2H3/t14-,18-/m0/s1. The predicted octanol–water partition coefficient (Wildman–Crippen LogP) is 2.85. The van der Waals surface area contributed by atoms with Crippen LogP contribution in [-0.2, 0) is 9.47 Å². The minimum atomic E-state index is -0.590. The molecule has 1 aromatic carbocycles. The van der Waals surface area contributed by atoms with E-state index in [0.717, 1.165) is 37.4 Å². The zero-order valence-corrected chi connectivity index (χ0v) is 14.3. The third kappa shape index (κ3) is 4.12. The number of nitrogens with zero attached hydrogens (tertiary/aromatic N) is 1. The van der Waals surface area contributed by atoms with Gasteiger partial charge in [-0.1, -0.05) is 12.1 Å². The van der Waals surface area contributed by atoms with Gasteiger partial charge in [0.25, 0.3) is 0 Å². The normalized spacial score (nSPS) is 26.7. The molecule has 2 aliphatic heterocycles. The summed E-state index contributed by atoms with van der Waals surface area (Å²) in [5.74, 6) is 1.58. The second kappa shape index (κ2) is 7.30. The van der Waals surface area contributed by atoms with Gasteiger partial charge in [-0.15, -0.1) is 0 Å². The Hall–Kier alpha value is -1.95. The number of carbonyl (C=O) groups is 1. The Balaban J connectivity index is 1.55. The van der Waals surface area contributed by atoms with Crippen molar-refractivity contribution in [2.45, 2.75) is 38.4 Å². The highest BCUT2D eigenvalue weighted by molar-refractivity contribution is 5.60. The van der Waals surface area contributed by atoms with E-state index in [1.807, 2.05) is 31.2 Å². The summed E-state index contributed by atoms with van der Waals surface area (Å²) < 4.78 is 22.2. The first kappa shape index (κ1) is 16.9. The second-order valence-corrected chi connectivity index (χ2v) is 6.57. The Kier molecular flexibility index (Phi) is 5.14. The highest BCUT2D eigenvalue weighted by atomic mass is 16.7. The molecule has 24 heavy (non-hydrogen) atoms. The number of carbonyl (C=O) groups excluding carboxylic acids is 1. The van der Waals surface area contributed by atoms with Gasteiger partial charge < -0.3 is 18.9 Å². The van der Waals surface area contributed by atoms with Crippen LogP contribution in [0.4, 0.5) is 4.79 Å². The fourth-order valence-corrected chi connectivity index (χ4v) is 3.34. The Labute approximate surface area is 142 Å². The van der Waals surface area contributed by atoms with E-state index in [-0.39, 0.29) is 6.10 Å². The van der Waals surface area contributed by atoms with E-state index in [4.69, 9.17) is 18.9 Å². The lowest BCUT2D eigenvalue weighted by molar-refractivity contribution is -0.0682. The maximum Gasteiger partial charge on any atom is 0.508 e. The minimum absolute atomic E-state index is 0.0233. The number of ether oxygens (including phenoxy) is 4. The van der Waals surface area contributed by atoms with Crippen molar-refractivity contribution in [2.75, 3.05) is 32.8 Å². The molecule has 0 saturated carbocycles. The summed E-state index contributed by atoms with van der Waals surface area (Å²) in [5, 5.41) is 0. The van der Waals surface area contributed by atoms with Gasteiger partial charge in [0.15, 0.2) is 11.5 Å². The van der Waals surface area contributed by atoms with Crippen LogP contribution in [0.5, 0.6) is 11.5 Å². The van der Waals surface area contributed by atoms with Crippen LogP contribution in [0.3, 0.4) is 0 Å². The lowest BCUT2D eigenvalue weighted by Gasteiger charge is -2.41. The van der Waals surface area contributed by atoms with Crippen LogP contribution in [0.15, 0.2) is 24.3 Å². The number of rotatable bonds is 4. The van der Waals surface area contributed by atoms with Crippen molar-refractivity contribution in [3.8, 4) is 11.5 Å². The maximum atomic E-state index is 11.6. The first-order valence-corrected chi connectivity index (χ1v) is 8.54. The summed E-state index contributed by atoms with van der Waals surface area (Å²) in [6, 6.07) is 7.71. The van der Waals surface area contributed by atoms with Crippen LogP contribution < -0.4 is 9.47 Å². The van der Waals surface area contributed by atoms with Gasteiger partial charge in [-0.05, 0) is 45.4 Å². The summed E-state index contributed by atoms with van der Waals surface area (Å²) in [6.07, 6.45) is 1.20. The van der Waals surface area contributed by atoms with Crippen molar-refractivity contribution >= 4 is 6.16 Å². The Morgan fingerprint density at radius 3 is 2.96 bits per heavy atom. The number of fused-ring (bicyclic) bond motifs is 1. The van der Waals surface area contributed by atoms with Gasteiger partial charge >= 0.3 is 6.16 Å². The molecule has 132 valence electrons. The van der Waals surface area contributed by atoms with E-state index in [2.05, 4.69) is 4.90 Å². The number of likely N-dealkylation sites (tertiary alicyclic amines) is 1. The average molecular weight is 335 g/mol.